The minimum absolute atomic E-state index is 0.198. The van der Waals surface area contributed by atoms with Crippen LogP contribution < -0.4 is 15.5 Å². The summed E-state index contributed by atoms with van der Waals surface area (Å²) in [5.41, 5.74) is 2.96. The third-order valence-electron chi connectivity index (χ3n) is 5.27. The second kappa shape index (κ2) is 6.15. The van der Waals surface area contributed by atoms with Crippen LogP contribution >= 0.6 is 0 Å². The van der Waals surface area contributed by atoms with Crippen LogP contribution in [0.1, 0.15) is 31.4 Å². The number of nitrogens with zero attached hydrogens (tertiary/aromatic N) is 3. The largest absolute Gasteiger partial charge is 0.366 e. The summed E-state index contributed by atoms with van der Waals surface area (Å²) >= 11 is 0. The highest BCUT2D eigenvalue weighted by atomic mass is 16.2. The maximum absolute atomic E-state index is 12.2. The van der Waals surface area contributed by atoms with E-state index in [0.717, 1.165) is 36.2 Å². The molecule has 2 amide bonds. The van der Waals surface area contributed by atoms with Crippen molar-refractivity contribution in [1.29, 1.82) is 0 Å². The Balaban J connectivity index is 1.71. The molecule has 25 heavy (non-hydrogen) atoms. The molecule has 2 saturated heterocycles. The number of carbonyl (C=O) groups is 2. The molecule has 0 radical (unpaired) electrons. The van der Waals surface area contributed by atoms with Gasteiger partial charge in [0.1, 0.15) is 0 Å². The molecule has 2 aliphatic heterocycles. The Kier molecular flexibility index (Phi) is 3.95. The zero-order chi connectivity index (χ0) is 17.6. The minimum Gasteiger partial charge on any atom is -0.366 e. The highest BCUT2D eigenvalue weighted by Crippen LogP contribution is 2.32. The number of imide groups is 1. The van der Waals surface area contributed by atoms with Gasteiger partial charge in [0.15, 0.2) is 0 Å². The highest BCUT2D eigenvalue weighted by Gasteiger charge is 2.31. The number of aromatic nitrogens is 2. The summed E-state index contributed by atoms with van der Waals surface area (Å²) in [4.78, 5) is 26.0. The fourth-order valence-corrected chi connectivity index (χ4v) is 3.89. The number of piperazine rings is 1. The van der Waals surface area contributed by atoms with Crippen molar-refractivity contribution in [2.45, 2.75) is 31.7 Å². The van der Waals surface area contributed by atoms with Crippen molar-refractivity contribution in [1.82, 2.24) is 20.4 Å². The molecule has 0 saturated carbocycles. The maximum atomic E-state index is 12.2. The van der Waals surface area contributed by atoms with Crippen LogP contribution in [0.15, 0.2) is 18.2 Å². The molecule has 1 aromatic carbocycles. The molecular weight excluding hydrogens is 318 g/mol. The number of benzene rings is 1. The van der Waals surface area contributed by atoms with Crippen molar-refractivity contribution >= 4 is 28.4 Å². The molecule has 3 heterocycles. The molecule has 2 N–H and O–H groups in total. The predicted octanol–water partition coefficient (Wildman–Crippen LogP) is 0.892. The molecule has 2 atom stereocenters. The number of rotatable bonds is 2. The number of nitrogens with one attached hydrogen (secondary N) is 2. The number of carbonyl (C=O) groups excluding carboxylic acids is 2. The van der Waals surface area contributed by atoms with Crippen LogP contribution in [0.5, 0.6) is 0 Å². The van der Waals surface area contributed by atoms with Gasteiger partial charge in [0.25, 0.3) is 0 Å². The van der Waals surface area contributed by atoms with Gasteiger partial charge in [0.05, 0.1) is 17.1 Å². The number of anilines is 1. The summed E-state index contributed by atoms with van der Waals surface area (Å²) in [5, 5.41) is 11.4. The van der Waals surface area contributed by atoms with Crippen molar-refractivity contribution in [2.75, 3.05) is 24.5 Å². The quantitative estimate of drug-likeness (QED) is 0.793. The lowest BCUT2D eigenvalue weighted by molar-refractivity contribution is -0.134. The molecule has 7 nitrogen and oxygen atoms in total. The average Bonchev–Trinajstić information content (AvgIpc) is 2.91. The maximum Gasteiger partial charge on any atom is 0.235 e. The van der Waals surface area contributed by atoms with Crippen LogP contribution in [-0.2, 0) is 16.6 Å². The van der Waals surface area contributed by atoms with E-state index in [2.05, 4.69) is 45.8 Å². The zero-order valence-corrected chi connectivity index (χ0v) is 14.6. The molecule has 2 fully saturated rings. The molecule has 7 heteroatoms. The highest BCUT2D eigenvalue weighted by molar-refractivity contribution is 6.02. The van der Waals surface area contributed by atoms with Crippen molar-refractivity contribution in [3.05, 3.63) is 23.9 Å². The van der Waals surface area contributed by atoms with Gasteiger partial charge in [-0.2, -0.15) is 5.10 Å². The first kappa shape index (κ1) is 16.1. The van der Waals surface area contributed by atoms with Crippen LogP contribution in [0, 0.1) is 0 Å². The fraction of sp³-hybridized carbons (Fsp3) is 0.500. The Morgan fingerprint density at radius 1 is 1.28 bits per heavy atom. The number of hydrogen-bond donors (Lipinski definition) is 2. The Morgan fingerprint density at radius 2 is 2.12 bits per heavy atom. The molecule has 0 aliphatic carbocycles. The number of fused-ring (bicyclic) bond motifs is 1. The van der Waals surface area contributed by atoms with Gasteiger partial charge in [-0.3, -0.25) is 19.6 Å². The van der Waals surface area contributed by atoms with E-state index in [1.807, 2.05) is 11.7 Å². The zero-order valence-electron chi connectivity index (χ0n) is 14.6. The minimum atomic E-state index is -0.356. The van der Waals surface area contributed by atoms with Gasteiger partial charge in [-0.05, 0) is 31.5 Å². The van der Waals surface area contributed by atoms with E-state index in [1.165, 1.54) is 5.69 Å². The lowest BCUT2D eigenvalue weighted by Crippen LogP contribution is -2.49. The van der Waals surface area contributed by atoms with E-state index in [9.17, 15) is 9.59 Å². The summed E-state index contributed by atoms with van der Waals surface area (Å²) in [5.74, 6) is -0.794. The average molecular weight is 341 g/mol. The number of hydrogen-bond acceptors (Lipinski definition) is 5. The molecule has 0 bridgehead atoms. The normalized spacial score (nSPS) is 24.6. The SMILES string of the molecule is C[C@@H]1CNCCN1c1ccc2c(C3CCC(=O)NC3=O)nn(C)c2c1. The molecule has 2 aromatic rings. The van der Waals surface area contributed by atoms with Crippen molar-refractivity contribution in [3.8, 4) is 0 Å². The van der Waals surface area contributed by atoms with Crippen LogP contribution in [0.2, 0.25) is 0 Å². The van der Waals surface area contributed by atoms with Gasteiger partial charge in [0, 0.05) is 50.2 Å². The van der Waals surface area contributed by atoms with Gasteiger partial charge >= 0.3 is 0 Å². The summed E-state index contributed by atoms with van der Waals surface area (Å²) in [6.45, 7) is 5.15. The van der Waals surface area contributed by atoms with Crippen molar-refractivity contribution in [3.63, 3.8) is 0 Å². The monoisotopic (exact) mass is 341 g/mol. The van der Waals surface area contributed by atoms with Crippen LogP contribution in [-0.4, -0.2) is 47.3 Å². The molecule has 4 rings (SSSR count). The van der Waals surface area contributed by atoms with E-state index in [1.54, 1.807) is 0 Å². The van der Waals surface area contributed by atoms with Gasteiger partial charge in [-0.25, -0.2) is 0 Å². The summed E-state index contributed by atoms with van der Waals surface area (Å²) in [7, 11) is 1.91. The molecule has 2 aliphatic rings. The third kappa shape index (κ3) is 2.78. The standard InChI is InChI=1S/C18H23N5O2/c1-11-10-19-7-8-23(11)12-3-4-13-15(9-12)22(2)21-17(13)14-5-6-16(24)20-18(14)25/h3-4,9,11,14,19H,5-8,10H2,1-2H3,(H,20,24,25)/t11-,14?/m1/s1. The molecule has 1 aromatic heterocycles. The lowest BCUT2D eigenvalue weighted by Gasteiger charge is -2.36. The van der Waals surface area contributed by atoms with Crippen LogP contribution in [0.25, 0.3) is 10.9 Å². The Labute approximate surface area is 146 Å². The van der Waals surface area contributed by atoms with Gasteiger partial charge in [0.2, 0.25) is 11.8 Å². The Bertz CT molecular complexity index is 843. The number of aryl methyl sites for hydroxylation is 1. The molecule has 132 valence electrons. The number of amides is 2. The Morgan fingerprint density at radius 3 is 2.88 bits per heavy atom. The van der Waals surface area contributed by atoms with E-state index in [4.69, 9.17) is 0 Å². The first-order chi connectivity index (χ1) is 12.0. The van der Waals surface area contributed by atoms with Crippen molar-refractivity contribution in [2.24, 2.45) is 7.05 Å². The van der Waals surface area contributed by atoms with Gasteiger partial charge in [-0.1, -0.05) is 0 Å². The lowest BCUT2D eigenvalue weighted by atomic mass is 9.93. The van der Waals surface area contributed by atoms with Crippen LogP contribution in [0.4, 0.5) is 5.69 Å². The summed E-state index contributed by atoms with van der Waals surface area (Å²) in [6, 6.07) is 6.76. The fourth-order valence-electron chi connectivity index (χ4n) is 3.89. The second-order valence-electron chi connectivity index (χ2n) is 6.96. The smallest absolute Gasteiger partial charge is 0.235 e. The molecular formula is C18H23N5O2. The summed E-state index contributed by atoms with van der Waals surface area (Å²) in [6.07, 6.45) is 0.887. The van der Waals surface area contributed by atoms with Gasteiger partial charge in [-0.15, -0.1) is 0 Å². The van der Waals surface area contributed by atoms with E-state index < -0.39 is 0 Å². The first-order valence-corrected chi connectivity index (χ1v) is 8.82. The topological polar surface area (TPSA) is 79.3 Å². The second-order valence-corrected chi connectivity index (χ2v) is 6.96. The van der Waals surface area contributed by atoms with E-state index >= 15 is 0 Å². The predicted molar refractivity (Wildman–Crippen MR) is 95.5 cm³/mol. The summed E-state index contributed by atoms with van der Waals surface area (Å²) < 4.78 is 1.84. The first-order valence-electron chi connectivity index (χ1n) is 8.82. The molecule has 0 spiro atoms. The van der Waals surface area contributed by atoms with E-state index in [-0.39, 0.29) is 17.7 Å². The third-order valence-corrected chi connectivity index (χ3v) is 5.27. The van der Waals surface area contributed by atoms with E-state index in [0.29, 0.717) is 18.9 Å². The van der Waals surface area contributed by atoms with Crippen LogP contribution in [0.3, 0.4) is 0 Å². The molecule has 1 unspecified atom stereocenters. The number of piperidine rings is 1. The van der Waals surface area contributed by atoms with Crippen molar-refractivity contribution < 1.29 is 9.59 Å². The Hall–Kier alpha value is -2.41. The van der Waals surface area contributed by atoms with Gasteiger partial charge < -0.3 is 10.2 Å².